The summed E-state index contributed by atoms with van der Waals surface area (Å²) in [7, 11) is 0. The minimum atomic E-state index is -0.259. The number of rotatable bonds is 7. The highest BCUT2D eigenvalue weighted by atomic mass is 19.1. The van der Waals surface area contributed by atoms with Gasteiger partial charge in [-0.25, -0.2) is 9.38 Å². The zero-order chi connectivity index (χ0) is 24.7. The Kier molecular flexibility index (Phi) is 6.98. The van der Waals surface area contributed by atoms with Crippen LogP contribution in [0.4, 0.5) is 10.1 Å². The summed E-state index contributed by atoms with van der Waals surface area (Å²) < 4.78 is 24.4. The molecule has 0 spiro atoms. The van der Waals surface area contributed by atoms with Gasteiger partial charge in [-0.05, 0) is 65.1 Å². The van der Waals surface area contributed by atoms with Gasteiger partial charge in [-0.15, -0.1) is 0 Å². The summed E-state index contributed by atoms with van der Waals surface area (Å²) in [4.78, 5) is 4.72. The van der Waals surface area contributed by atoms with Crippen LogP contribution in [0.2, 0.25) is 0 Å². The second-order valence-corrected chi connectivity index (χ2v) is 8.38. The van der Waals surface area contributed by atoms with Crippen molar-refractivity contribution in [1.29, 1.82) is 0 Å². The van der Waals surface area contributed by atoms with Gasteiger partial charge in [-0.2, -0.15) is 0 Å². The van der Waals surface area contributed by atoms with Gasteiger partial charge >= 0.3 is 0 Å². The minimum absolute atomic E-state index is 0.109. The number of halogens is 1. The predicted molar refractivity (Wildman–Crippen MR) is 139 cm³/mol. The first kappa shape index (κ1) is 23.2. The summed E-state index contributed by atoms with van der Waals surface area (Å²) in [6.45, 7) is 1.12. The van der Waals surface area contributed by atoms with E-state index in [0.717, 1.165) is 28.0 Å². The third-order valence-electron chi connectivity index (χ3n) is 5.81. The van der Waals surface area contributed by atoms with Crippen molar-refractivity contribution in [2.45, 2.75) is 13.0 Å². The molecule has 4 aromatic carbocycles. The fourth-order valence-corrected chi connectivity index (χ4v) is 3.94. The van der Waals surface area contributed by atoms with Crippen molar-refractivity contribution in [3.05, 3.63) is 108 Å². The minimum Gasteiger partial charge on any atom is -0.506 e. The molecular weight excluding hydrogens is 457 g/mol. The molecule has 7 heteroatoms. The van der Waals surface area contributed by atoms with Gasteiger partial charge in [0.25, 0.3) is 0 Å². The smallest absolute Gasteiger partial charge is 0.231 e. The van der Waals surface area contributed by atoms with Crippen LogP contribution in [0.5, 0.6) is 17.2 Å². The number of hydrogen-bond acceptors (Lipinski definition) is 4. The number of anilines is 1. The number of guanidine groups is 1. The number of hydrogen-bond donors (Lipinski definition) is 3. The van der Waals surface area contributed by atoms with Gasteiger partial charge in [0.1, 0.15) is 11.6 Å². The summed E-state index contributed by atoms with van der Waals surface area (Å²) in [5.41, 5.74) is 4.36. The molecule has 6 nitrogen and oxygen atoms in total. The van der Waals surface area contributed by atoms with Crippen molar-refractivity contribution < 1.29 is 19.0 Å². The average molecular weight is 484 g/mol. The van der Waals surface area contributed by atoms with Gasteiger partial charge in [0.2, 0.25) is 6.79 Å². The molecule has 36 heavy (non-hydrogen) atoms. The second-order valence-electron chi connectivity index (χ2n) is 8.38. The molecule has 0 fully saturated rings. The molecule has 0 unspecified atom stereocenters. The van der Waals surface area contributed by atoms with E-state index in [2.05, 4.69) is 10.6 Å². The van der Waals surface area contributed by atoms with Crippen molar-refractivity contribution in [3.63, 3.8) is 0 Å². The van der Waals surface area contributed by atoms with E-state index in [4.69, 9.17) is 14.5 Å². The largest absolute Gasteiger partial charge is 0.506 e. The van der Waals surface area contributed by atoms with Gasteiger partial charge < -0.3 is 25.2 Å². The summed E-state index contributed by atoms with van der Waals surface area (Å²) in [6.07, 6.45) is 0.610. The molecule has 5 rings (SSSR count). The van der Waals surface area contributed by atoms with E-state index in [9.17, 15) is 9.50 Å². The summed E-state index contributed by atoms with van der Waals surface area (Å²) in [5, 5.41) is 17.1. The van der Waals surface area contributed by atoms with E-state index in [1.807, 2.05) is 66.7 Å². The standard InChI is InChI=1S/C29H26FN3O3/c30-24-8-4-5-20(15-24)13-14-31-29(32-18-21-9-12-27-28(16-21)36-19-35-27)33-25-17-23(10-11-26(25)34)22-6-2-1-3-7-22/h1-12,15-17,34H,13-14,18-19H2,(H2,31,32,33). The molecular formula is C29H26FN3O3. The number of aromatic hydroxyl groups is 1. The first-order chi connectivity index (χ1) is 17.6. The molecule has 3 N–H and O–H groups in total. The number of nitrogens with zero attached hydrogens (tertiary/aromatic N) is 1. The molecule has 0 amide bonds. The molecule has 1 aliphatic heterocycles. The maximum atomic E-state index is 13.6. The van der Waals surface area contributed by atoms with Crippen LogP contribution in [0, 0.1) is 5.82 Å². The Labute approximate surface area is 209 Å². The molecule has 1 heterocycles. The zero-order valence-electron chi connectivity index (χ0n) is 19.6. The Hall–Kier alpha value is -4.52. The van der Waals surface area contributed by atoms with E-state index in [0.29, 0.717) is 36.9 Å². The Morgan fingerprint density at radius 2 is 1.69 bits per heavy atom. The summed E-state index contributed by atoms with van der Waals surface area (Å²) >= 11 is 0. The number of phenols is 1. The molecule has 0 bridgehead atoms. The number of benzene rings is 4. The van der Waals surface area contributed by atoms with Crippen molar-refractivity contribution >= 4 is 11.6 Å². The van der Waals surface area contributed by atoms with E-state index in [1.54, 1.807) is 12.1 Å². The molecule has 0 aliphatic carbocycles. The Morgan fingerprint density at radius 1 is 0.833 bits per heavy atom. The SMILES string of the molecule is Oc1ccc(-c2ccccc2)cc1NC(=NCc1ccc2c(c1)OCO2)NCCc1cccc(F)c1. The topological polar surface area (TPSA) is 75.1 Å². The van der Waals surface area contributed by atoms with Crippen LogP contribution in [0.1, 0.15) is 11.1 Å². The number of phenolic OH excluding ortho intramolecular Hbond substituents is 1. The molecule has 4 aromatic rings. The molecule has 182 valence electrons. The number of ether oxygens (including phenoxy) is 2. The first-order valence-corrected chi connectivity index (χ1v) is 11.7. The number of fused-ring (bicyclic) bond motifs is 1. The average Bonchev–Trinajstić information content (AvgIpc) is 3.37. The van der Waals surface area contributed by atoms with Gasteiger partial charge in [-0.1, -0.05) is 54.6 Å². The second kappa shape index (κ2) is 10.8. The maximum Gasteiger partial charge on any atom is 0.231 e. The van der Waals surface area contributed by atoms with Gasteiger partial charge in [-0.3, -0.25) is 0 Å². The molecule has 1 aliphatic rings. The monoisotopic (exact) mass is 483 g/mol. The molecule has 0 saturated carbocycles. The van der Waals surface area contributed by atoms with Crippen molar-refractivity contribution in [1.82, 2.24) is 5.32 Å². The van der Waals surface area contributed by atoms with Gasteiger partial charge in [0, 0.05) is 6.54 Å². The van der Waals surface area contributed by atoms with E-state index in [1.165, 1.54) is 12.1 Å². The van der Waals surface area contributed by atoms with Gasteiger partial charge in [0.15, 0.2) is 17.5 Å². The normalized spacial score (nSPS) is 12.4. The fraction of sp³-hybridized carbons (Fsp3) is 0.138. The maximum absolute atomic E-state index is 13.6. The van der Waals surface area contributed by atoms with E-state index in [-0.39, 0.29) is 18.4 Å². The first-order valence-electron chi connectivity index (χ1n) is 11.7. The highest BCUT2D eigenvalue weighted by molar-refractivity contribution is 5.95. The van der Waals surface area contributed by atoms with Crippen LogP contribution in [0.3, 0.4) is 0 Å². The highest BCUT2D eigenvalue weighted by Crippen LogP contribution is 2.33. The van der Waals surface area contributed by atoms with Crippen LogP contribution in [0.25, 0.3) is 11.1 Å². The number of aliphatic imine (C=N–C) groups is 1. The predicted octanol–water partition coefficient (Wildman–Crippen LogP) is 5.73. The molecule has 0 atom stereocenters. The van der Waals surface area contributed by atoms with Crippen LogP contribution in [-0.4, -0.2) is 24.4 Å². The third-order valence-corrected chi connectivity index (χ3v) is 5.81. The third kappa shape index (κ3) is 5.75. The zero-order valence-corrected chi connectivity index (χ0v) is 19.6. The number of nitrogens with one attached hydrogen (secondary N) is 2. The fourth-order valence-electron chi connectivity index (χ4n) is 3.94. The lowest BCUT2D eigenvalue weighted by molar-refractivity contribution is 0.174. The Bertz CT molecular complexity index is 1380. The summed E-state index contributed by atoms with van der Waals surface area (Å²) in [6, 6.07) is 27.6. The lowest BCUT2D eigenvalue weighted by Crippen LogP contribution is -2.32. The lowest BCUT2D eigenvalue weighted by Gasteiger charge is -2.15. The van der Waals surface area contributed by atoms with E-state index < -0.39 is 0 Å². The van der Waals surface area contributed by atoms with E-state index >= 15 is 0 Å². The molecule has 0 radical (unpaired) electrons. The molecule has 0 saturated heterocycles. The lowest BCUT2D eigenvalue weighted by atomic mass is 10.0. The highest BCUT2D eigenvalue weighted by Gasteiger charge is 2.13. The Balaban J connectivity index is 1.35. The van der Waals surface area contributed by atoms with Crippen LogP contribution >= 0.6 is 0 Å². The van der Waals surface area contributed by atoms with Crippen LogP contribution < -0.4 is 20.1 Å². The quantitative estimate of drug-likeness (QED) is 0.178. The van der Waals surface area contributed by atoms with Crippen molar-refractivity contribution in [2.24, 2.45) is 4.99 Å². The van der Waals surface area contributed by atoms with Gasteiger partial charge in [0.05, 0.1) is 12.2 Å². The Morgan fingerprint density at radius 3 is 2.56 bits per heavy atom. The summed E-state index contributed by atoms with van der Waals surface area (Å²) in [5.74, 6) is 1.76. The van der Waals surface area contributed by atoms with Crippen LogP contribution in [0.15, 0.2) is 96.0 Å². The van der Waals surface area contributed by atoms with Crippen molar-refractivity contribution in [2.75, 3.05) is 18.7 Å². The molecule has 0 aromatic heterocycles. The van der Waals surface area contributed by atoms with Crippen molar-refractivity contribution in [3.8, 4) is 28.4 Å². The van der Waals surface area contributed by atoms with Crippen LogP contribution in [-0.2, 0) is 13.0 Å².